The maximum atomic E-state index is 12.4. The zero-order chi connectivity index (χ0) is 19.3. The van der Waals surface area contributed by atoms with Crippen LogP contribution in [0.25, 0.3) is 0 Å². The number of carbonyl (C=O) groups is 1. The molecule has 2 aromatic rings. The van der Waals surface area contributed by atoms with E-state index in [0.717, 1.165) is 37.0 Å². The molecule has 6 nitrogen and oxygen atoms in total. The predicted molar refractivity (Wildman–Crippen MR) is 111 cm³/mol. The Morgan fingerprint density at radius 3 is 2.79 bits per heavy atom. The van der Waals surface area contributed by atoms with Crippen molar-refractivity contribution in [2.75, 3.05) is 31.6 Å². The van der Waals surface area contributed by atoms with Crippen LogP contribution in [0.4, 0.5) is 5.69 Å². The molecule has 2 aromatic carbocycles. The number of hydrogen-bond donors (Lipinski definition) is 2. The summed E-state index contributed by atoms with van der Waals surface area (Å²) in [6.45, 7) is 2.16. The highest BCUT2D eigenvalue weighted by Crippen LogP contribution is 2.32. The molecule has 0 saturated carbocycles. The van der Waals surface area contributed by atoms with Crippen molar-refractivity contribution < 1.29 is 9.53 Å². The van der Waals surface area contributed by atoms with Gasteiger partial charge in [-0.2, -0.15) is 0 Å². The third-order valence-corrected chi connectivity index (χ3v) is 5.36. The summed E-state index contributed by atoms with van der Waals surface area (Å²) < 4.78 is 5.74. The fraction of sp³-hybridized carbons (Fsp3) is 0.364. The van der Waals surface area contributed by atoms with Crippen LogP contribution in [0, 0.1) is 0 Å². The summed E-state index contributed by atoms with van der Waals surface area (Å²) in [5.41, 5.74) is 2.18. The van der Waals surface area contributed by atoms with E-state index in [1.165, 1.54) is 5.56 Å². The van der Waals surface area contributed by atoms with E-state index in [0.29, 0.717) is 18.9 Å². The van der Waals surface area contributed by atoms with E-state index in [4.69, 9.17) is 4.74 Å². The average Bonchev–Trinajstić information content (AvgIpc) is 3.11. The number of nitrogens with one attached hydrogen (secondary N) is 2. The second-order valence-corrected chi connectivity index (χ2v) is 7.21. The summed E-state index contributed by atoms with van der Waals surface area (Å²) in [5, 5.41) is 6.83. The molecular formula is C22H26N4O2. The van der Waals surface area contributed by atoms with Crippen molar-refractivity contribution in [2.24, 2.45) is 4.99 Å². The number of nitrogens with zero attached hydrogens (tertiary/aromatic N) is 2. The first-order valence-electron chi connectivity index (χ1n) is 9.79. The van der Waals surface area contributed by atoms with E-state index >= 15 is 0 Å². The van der Waals surface area contributed by atoms with Crippen LogP contribution in [0.1, 0.15) is 24.3 Å². The van der Waals surface area contributed by atoms with Crippen LogP contribution < -0.4 is 20.3 Å². The molecule has 6 heteroatoms. The summed E-state index contributed by atoms with van der Waals surface area (Å²) >= 11 is 0. The van der Waals surface area contributed by atoms with Gasteiger partial charge in [-0.05, 0) is 30.2 Å². The van der Waals surface area contributed by atoms with Gasteiger partial charge in [0.05, 0.1) is 12.6 Å². The quantitative estimate of drug-likeness (QED) is 0.634. The summed E-state index contributed by atoms with van der Waals surface area (Å²) in [6.07, 6.45) is 1.44. The van der Waals surface area contributed by atoms with Crippen molar-refractivity contribution in [2.45, 2.75) is 24.8 Å². The molecule has 2 N–H and O–H groups in total. The number of hydrogen-bond acceptors (Lipinski definition) is 3. The molecule has 0 spiro atoms. The molecule has 4 rings (SSSR count). The Balaban J connectivity index is 1.34. The maximum Gasteiger partial charge on any atom is 0.229 e. The van der Waals surface area contributed by atoms with Crippen LogP contribution in [0.3, 0.4) is 0 Å². The smallest absolute Gasteiger partial charge is 0.229 e. The molecular weight excluding hydrogens is 352 g/mol. The topological polar surface area (TPSA) is 66.0 Å². The molecule has 0 aromatic heterocycles. The fourth-order valence-electron chi connectivity index (χ4n) is 3.90. The zero-order valence-corrected chi connectivity index (χ0v) is 16.1. The Morgan fingerprint density at radius 2 is 1.96 bits per heavy atom. The molecule has 2 unspecified atom stereocenters. The highest BCUT2D eigenvalue weighted by Gasteiger charge is 2.31. The third kappa shape index (κ3) is 3.96. The largest absolute Gasteiger partial charge is 0.493 e. The highest BCUT2D eigenvalue weighted by molar-refractivity contribution is 5.97. The number of guanidine groups is 1. The molecule has 0 aliphatic carbocycles. The van der Waals surface area contributed by atoms with Gasteiger partial charge in [-0.3, -0.25) is 9.79 Å². The monoisotopic (exact) mass is 378 g/mol. The van der Waals surface area contributed by atoms with E-state index in [-0.39, 0.29) is 11.9 Å². The standard InChI is InChI=1S/C22H26N4O2/c1-23-22(24-14-16-11-12-28-20-10-6-5-9-19(16)20)25-17-13-21(27)26(15-17)18-7-3-2-4-8-18/h2-10,16-17H,11-15H2,1H3,(H2,23,24,25). The number of para-hydroxylation sites is 2. The number of rotatable bonds is 4. The second-order valence-electron chi connectivity index (χ2n) is 7.21. The van der Waals surface area contributed by atoms with Gasteiger partial charge in [0.25, 0.3) is 0 Å². The molecule has 0 radical (unpaired) electrons. The number of ether oxygens (including phenoxy) is 1. The minimum Gasteiger partial charge on any atom is -0.493 e. The predicted octanol–water partition coefficient (Wildman–Crippen LogP) is 2.52. The van der Waals surface area contributed by atoms with Gasteiger partial charge in [-0.1, -0.05) is 36.4 Å². The number of fused-ring (bicyclic) bond motifs is 1. The lowest BCUT2D eigenvalue weighted by atomic mass is 9.93. The van der Waals surface area contributed by atoms with Gasteiger partial charge >= 0.3 is 0 Å². The molecule has 1 fully saturated rings. The molecule has 2 heterocycles. The van der Waals surface area contributed by atoms with Gasteiger partial charge in [0.2, 0.25) is 5.91 Å². The fourth-order valence-corrected chi connectivity index (χ4v) is 3.90. The maximum absolute atomic E-state index is 12.4. The summed E-state index contributed by atoms with van der Waals surface area (Å²) in [6, 6.07) is 18.1. The van der Waals surface area contributed by atoms with Crippen LogP contribution in [0.15, 0.2) is 59.6 Å². The van der Waals surface area contributed by atoms with Crippen molar-refractivity contribution >= 4 is 17.6 Å². The minimum atomic E-state index is 0.0425. The Labute approximate surface area is 165 Å². The van der Waals surface area contributed by atoms with Crippen molar-refractivity contribution in [1.82, 2.24) is 10.6 Å². The molecule has 1 saturated heterocycles. The first-order valence-corrected chi connectivity index (χ1v) is 9.79. The van der Waals surface area contributed by atoms with Crippen LogP contribution in [-0.4, -0.2) is 44.7 Å². The van der Waals surface area contributed by atoms with Crippen LogP contribution in [0.2, 0.25) is 0 Å². The van der Waals surface area contributed by atoms with Crippen molar-refractivity contribution in [1.29, 1.82) is 0 Å². The third-order valence-electron chi connectivity index (χ3n) is 5.36. The first-order chi connectivity index (χ1) is 13.7. The van der Waals surface area contributed by atoms with Crippen molar-refractivity contribution in [3.8, 4) is 5.75 Å². The Morgan fingerprint density at radius 1 is 1.18 bits per heavy atom. The van der Waals surface area contributed by atoms with Crippen LogP contribution in [-0.2, 0) is 4.79 Å². The lowest BCUT2D eigenvalue weighted by Crippen LogP contribution is -2.46. The van der Waals surface area contributed by atoms with Gasteiger partial charge in [0.1, 0.15) is 5.75 Å². The van der Waals surface area contributed by atoms with E-state index < -0.39 is 0 Å². The number of benzene rings is 2. The summed E-state index contributed by atoms with van der Waals surface area (Å²) in [5.74, 6) is 2.23. The van der Waals surface area contributed by atoms with Gasteiger partial charge in [-0.25, -0.2) is 0 Å². The molecule has 146 valence electrons. The van der Waals surface area contributed by atoms with Crippen LogP contribution >= 0.6 is 0 Å². The highest BCUT2D eigenvalue weighted by atomic mass is 16.5. The lowest BCUT2D eigenvalue weighted by molar-refractivity contribution is -0.117. The summed E-state index contributed by atoms with van der Waals surface area (Å²) in [7, 11) is 1.76. The Bertz CT molecular complexity index is 853. The van der Waals surface area contributed by atoms with Crippen molar-refractivity contribution in [3.63, 3.8) is 0 Å². The molecule has 1 amide bonds. The molecule has 2 aliphatic rings. The van der Waals surface area contributed by atoms with E-state index in [1.54, 1.807) is 7.05 Å². The molecule has 0 bridgehead atoms. The SMILES string of the molecule is CN=C(NCC1CCOc2ccccc21)NC1CC(=O)N(c2ccccc2)C1. The van der Waals surface area contributed by atoms with Gasteiger partial charge < -0.3 is 20.3 Å². The van der Waals surface area contributed by atoms with Gasteiger partial charge in [0, 0.05) is 38.2 Å². The number of anilines is 1. The number of aliphatic imine (C=N–C) groups is 1. The molecule has 2 atom stereocenters. The summed E-state index contributed by atoms with van der Waals surface area (Å²) in [4.78, 5) is 18.6. The van der Waals surface area contributed by atoms with Crippen molar-refractivity contribution in [3.05, 3.63) is 60.2 Å². The average molecular weight is 378 g/mol. The number of carbonyl (C=O) groups excluding carboxylic acids is 1. The van der Waals surface area contributed by atoms with Gasteiger partial charge in [-0.15, -0.1) is 0 Å². The molecule has 28 heavy (non-hydrogen) atoms. The zero-order valence-electron chi connectivity index (χ0n) is 16.1. The first kappa shape index (κ1) is 18.3. The lowest BCUT2D eigenvalue weighted by Gasteiger charge is -2.27. The Kier molecular flexibility index (Phi) is 5.46. The van der Waals surface area contributed by atoms with Crippen LogP contribution in [0.5, 0.6) is 5.75 Å². The second kappa shape index (κ2) is 8.33. The van der Waals surface area contributed by atoms with E-state index in [1.807, 2.05) is 47.4 Å². The van der Waals surface area contributed by atoms with E-state index in [2.05, 4.69) is 27.8 Å². The minimum absolute atomic E-state index is 0.0425. The number of amides is 1. The van der Waals surface area contributed by atoms with Gasteiger partial charge in [0.15, 0.2) is 5.96 Å². The molecule has 2 aliphatic heterocycles. The Hall–Kier alpha value is -3.02. The normalized spacial score (nSPS) is 21.8. The van der Waals surface area contributed by atoms with E-state index in [9.17, 15) is 4.79 Å².